The van der Waals surface area contributed by atoms with Crippen molar-refractivity contribution in [2.75, 3.05) is 26.4 Å². The van der Waals surface area contributed by atoms with Crippen molar-refractivity contribution in [3.05, 3.63) is 17.0 Å². The van der Waals surface area contributed by atoms with Crippen molar-refractivity contribution >= 4 is 0 Å². The van der Waals surface area contributed by atoms with Crippen molar-refractivity contribution in [3.63, 3.8) is 0 Å². The topological polar surface area (TPSA) is 56.5 Å². The van der Waals surface area contributed by atoms with E-state index in [2.05, 4.69) is 10.5 Å². The molecule has 0 spiro atoms. The van der Waals surface area contributed by atoms with Crippen molar-refractivity contribution in [1.82, 2.24) is 10.5 Å². The Hall–Kier alpha value is -0.910. The Morgan fingerprint density at radius 3 is 3.00 bits per heavy atom. The van der Waals surface area contributed by atoms with E-state index in [0.717, 1.165) is 57.2 Å². The van der Waals surface area contributed by atoms with Gasteiger partial charge in [0.05, 0.1) is 18.4 Å². The highest BCUT2D eigenvalue weighted by atomic mass is 16.5. The van der Waals surface area contributed by atoms with Gasteiger partial charge < -0.3 is 19.3 Å². The summed E-state index contributed by atoms with van der Waals surface area (Å²) in [6.07, 6.45) is 3.66. The van der Waals surface area contributed by atoms with E-state index >= 15 is 0 Å². The third kappa shape index (κ3) is 4.60. The van der Waals surface area contributed by atoms with Crippen LogP contribution in [0.2, 0.25) is 0 Å². The molecular formula is C14H24N2O3. The minimum absolute atomic E-state index is 0.329. The third-order valence-electron chi connectivity index (χ3n) is 3.45. The summed E-state index contributed by atoms with van der Waals surface area (Å²) in [5, 5.41) is 7.32. The maximum atomic E-state index is 5.61. The highest BCUT2D eigenvalue weighted by Crippen LogP contribution is 2.12. The fourth-order valence-corrected chi connectivity index (χ4v) is 2.26. The molecule has 1 aromatic rings. The molecule has 1 aliphatic rings. The van der Waals surface area contributed by atoms with Gasteiger partial charge in [0.25, 0.3) is 0 Å². The summed E-state index contributed by atoms with van der Waals surface area (Å²) in [7, 11) is 0. The van der Waals surface area contributed by atoms with E-state index in [0.29, 0.717) is 6.10 Å². The molecule has 1 N–H and O–H groups in total. The van der Waals surface area contributed by atoms with Gasteiger partial charge in [-0.1, -0.05) is 5.16 Å². The minimum Gasteiger partial charge on any atom is -0.379 e. The number of hydrogen-bond donors (Lipinski definition) is 1. The van der Waals surface area contributed by atoms with Crippen LogP contribution < -0.4 is 5.32 Å². The Morgan fingerprint density at radius 1 is 1.42 bits per heavy atom. The van der Waals surface area contributed by atoms with Gasteiger partial charge in [0.2, 0.25) is 0 Å². The van der Waals surface area contributed by atoms with Crippen LogP contribution in [0.3, 0.4) is 0 Å². The van der Waals surface area contributed by atoms with Crippen LogP contribution in [0, 0.1) is 13.8 Å². The van der Waals surface area contributed by atoms with Crippen LogP contribution in [0.4, 0.5) is 0 Å². The van der Waals surface area contributed by atoms with Crippen LogP contribution >= 0.6 is 0 Å². The van der Waals surface area contributed by atoms with Gasteiger partial charge in [-0.05, 0) is 39.7 Å². The van der Waals surface area contributed by atoms with Crippen LogP contribution in [0.15, 0.2) is 4.52 Å². The molecule has 0 saturated carbocycles. The summed E-state index contributed by atoms with van der Waals surface area (Å²) in [6, 6.07) is 0. The van der Waals surface area contributed by atoms with E-state index < -0.39 is 0 Å². The summed E-state index contributed by atoms with van der Waals surface area (Å²) in [4.78, 5) is 0. The van der Waals surface area contributed by atoms with Crippen LogP contribution in [-0.2, 0) is 16.0 Å². The second-order valence-electron chi connectivity index (χ2n) is 5.04. The first kappa shape index (κ1) is 14.5. The molecule has 5 heteroatoms. The first-order valence-corrected chi connectivity index (χ1v) is 7.09. The monoisotopic (exact) mass is 268 g/mol. The molecule has 0 amide bonds. The zero-order valence-electron chi connectivity index (χ0n) is 11.9. The molecule has 1 saturated heterocycles. The van der Waals surface area contributed by atoms with Crippen LogP contribution in [0.1, 0.15) is 36.3 Å². The first-order valence-electron chi connectivity index (χ1n) is 7.09. The second kappa shape index (κ2) is 7.62. The second-order valence-corrected chi connectivity index (χ2v) is 5.04. The minimum atomic E-state index is 0.329. The van der Waals surface area contributed by atoms with E-state index in [1.165, 1.54) is 12.0 Å². The summed E-state index contributed by atoms with van der Waals surface area (Å²) >= 11 is 0. The smallest absolute Gasteiger partial charge is 0.138 e. The number of nitrogens with zero attached hydrogens (tertiary/aromatic N) is 1. The molecule has 1 atom stereocenters. The summed E-state index contributed by atoms with van der Waals surface area (Å²) < 4.78 is 16.2. The summed E-state index contributed by atoms with van der Waals surface area (Å²) in [6.45, 7) is 8.09. The van der Waals surface area contributed by atoms with Crippen molar-refractivity contribution in [1.29, 1.82) is 0 Å². The largest absolute Gasteiger partial charge is 0.379 e. The quantitative estimate of drug-likeness (QED) is 0.730. The lowest BCUT2D eigenvalue weighted by atomic mass is 10.2. The van der Waals surface area contributed by atoms with Crippen molar-refractivity contribution in [2.45, 2.75) is 45.8 Å². The Kier molecular flexibility index (Phi) is 5.82. The van der Waals surface area contributed by atoms with Gasteiger partial charge >= 0.3 is 0 Å². The molecule has 5 nitrogen and oxygen atoms in total. The predicted octanol–water partition coefficient (Wildman–Crippen LogP) is 1.97. The van der Waals surface area contributed by atoms with Gasteiger partial charge in [-0.15, -0.1) is 0 Å². The lowest BCUT2D eigenvalue weighted by molar-refractivity contribution is 0.0166. The van der Waals surface area contributed by atoms with Gasteiger partial charge in [0.1, 0.15) is 5.76 Å². The van der Waals surface area contributed by atoms with E-state index in [4.69, 9.17) is 14.0 Å². The number of rotatable bonds is 8. The van der Waals surface area contributed by atoms with E-state index in [-0.39, 0.29) is 0 Å². The maximum Gasteiger partial charge on any atom is 0.138 e. The van der Waals surface area contributed by atoms with Crippen molar-refractivity contribution in [3.8, 4) is 0 Å². The Labute approximate surface area is 114 Å². The zero-order valence-corrected chi connectivity index (χ0v) is 11.9. The normalized spacial score (nSPS) is 19.2. The first-order chi connectivity index (χ1) is 9.27. The molecule has 1 unspecified atom stereocenters. The number of aryl methyl sites for hydroxylation is 2. The van der Waals surface area contributed by atoms with E-state index in [1.807, 2.05) is 13.8 Å². The van der Waals surface area contributed by atoms with Crippen LogP contribution in [0.25, 0.3) is 0 Å². The Bertz CT molecular complexity index is 353. The van der Waals surface area contributed by atoms with Crippen LogP contribution in [0.5, 0.6) is 0 Å². The molecular weight excluding hydrogens is 244 g/mol. The van der Waals surface area contributed by atoms with Gasteiger partial charge in [-0.25, -0.2) is 0 Å². The molecule has 0 aromatic carbocycles. The Balaban J connectivity index is 1.48. The molecule has 1 aliphatic heterocycles. The van der Waals surface area contributed by atoms with Gasteiger partial charge in [-0.3, -0.25) is 0 Å². The Morgan fingerprint density at radius 2 is 2.32 bits per heavy atom. The average molecular weight is 268 g/mol. The highest BCUT2D eigenvalue weighted by molar-refractivity contribution is 5.20. The third-order valence-corrected chi connectivity index (χ3v) is 3.45. The molecule has 1 aromatic heterocycles. The summed E-state index contributed by atoms with van der Waals surface area (Å²) in [5.74, 6) is 0.902. The van der Waals surface area contributed by atoms with Gasteiger partial charge in [-0.2, -0.15) is 0 Å². The molecule has 0 aliphatic carbocycles. The van der Waals surface area contributed by atoms with E-state index in [9.17, 15) is 0 Å². The number of hydrogen-bond acceptors (Lipinski definition) is 5. The molecule has 2 rings (SSSR count). The molecule has 2 heterocycles. The van der Waals surface area contributed by atoms with Crippen molar-refractivity contribution in [2.24, 2.45) is 0 Å². The lowest BCUT2D eigenvalue weighted by Gasteiger charge is -2.10. The number of nitrogens with one attached hydrogen (secondary N) is 1. The predicted molar refractivity (Wildman–Crippen MR) is 72.1 cm³/mol. The molecule has 0 bridgehead atoms. The molecule has 0 radical (unpaired) electrons. The molecule has 108 valence electrons. The zero-order chi connectivity index (χ0) is 13.5. The number of ether oxygens (including phenoxy) is 2. The highest BCUT2D eigenvalue weighted by Gasteiger charge is 2.14. The van der Waals surface area contributed by atoms with Gasteiger partial charge in [0.15, 0.2) is 0 Å². The standard InChI is InChI=1S/C14H24N2O3/c1-11-14(12(2)19-16-11)9-15-6-4-7-17-10-13-5-3-8-18-13/h13,15H,3-10H2,1-2H3. The van der Waals surface area contributed by atoms with Gasteiger partial charge in [0, 0.05) is 25.3 Å². The lowest BCUT2D eigenvalue weighted by Crippen LogP contribution is -2.19. The van der Waals surface area contributed by atoms with Crippen LogP contribution in [-0.4, -0.2) is 37.6 Å². The summed E-state index contributed by atoms with van der Waals surface area (Å²) in [5.41, 5.74) is 2.14. The van der Waals surface area contributed by atoms with Crippen molar-refractivity contribution < 1.29 is 14.0 Å². The number of aromatic nitrogens is 1. The maximum absolute atomic E-state index is 5.61. The fourth-order valence-electron chi connectivity index (χ4n) is 2.26. The average Bonchev–Trinajstić information content (AvgIpc) is 3.01. The fraction of sp³-hybridized carbons (Fsp3) is 0.786. The van der Waals surface area contributed by atoms with E-state index in [1.54, 1.807) is 0 Å². The molecule has 19 heavy (non-hydrogen) atoms. The molecule has 1 fully saturated rings. The SMILES string of the molecule is Cc1noc(C)c1CNCCCOCC1CCCO1.